The molecule has 3 aromatic rings. The van der Waals surface area contributed by atoms with Crippen molar-refractivity contribution in [1.82, 2.24) is 0 Å². The Bertz CT molecular complexity index is 928. The third-order valence-electron chi connectivity index (χ3n) is 4.00. The van der Waals surface area contributed by atoms with Gasteiger partial charge < -0.3 is 10.1 Å². The Labute approximate surface area is 152 Å². The van der Waals surface area contributed by atoms with Crippen molar-refractivity contribution in [2.75, 3.05) is 5.32 Å². The zero-order valence-corrected chi connectivity index (χ0v) is 14.7. The Morgan fingerprint density at radius 3 is 2.12 bits per heavy atom. The zero-order chi connectivity index (χ0) is 18.5. The smallest absolute Gasteiger partial charge is 0.343 e. The van der Waals surface area contributed by atoms with Crippen molar-refractivity contribution in [1.29, 1.82) is 0 Å². The monoisotopic (exact) mass is 345 g/mol. The topological polar surface area (TPSA) is 55.4 Å². The maximum atomic E-state index is 12.3. The van der Waals surface area contributed by atoms with E-state index >= 15 is 0 Å². The molecule has 0 aliphatic carbocycles. The average molecular weight is 345 g/mol. The van der Waals surface area contributed by atoms with Crippen molar-refractivity contribution >= 4 is 17.6 Å². The highest BCUT2D eigenvalue weighted by Gasteiger charge is 2.12. The summed E-state index contributed by atoms with van der Waals surface area (Å²) in [5, 5.41) is 2.83. The van der Waals surface area contributed by atoms with Crippen LogP contribution in [0.1, 0.15) is 31.8 Å². The van der Waals surface area contributed by atoms with Crippen LogP contribution in [0.3, 0.4) is 0 Å². The Hall–Kier alpha value is -3.40. The van der Waals surface area contributed by atoms with Crippen LogP contribution < -0.4 is 10.1 Å². The number of nitrogens with one attached hydrogen (secondary N) is 1. The number of ether oxygens (including phenoxy) is 1. The molecule has 0 spiro atoms. The molecule has 0 saturated heterocycles. The van der Waals surface area contributed by atoms with Crippen LogP contribution in [-0.4, -0.2) is 11.9 Å². The molecule has 0 saturated carbocycles. The zero-order valence-electron chi connectivity index (χ0n) is 14.7. The quantitative estimate of drug-likeness (QED) is 0.547. The van der Waals surface area contributed by atoms with Gasteiger partial charge in [-0.2, -0.15) is 0 Å². The van der Waals surface area contributed by atoms with Crippen LogP contribution in [0.15, 0.2) is 72.8 Å². The van der Waals surface area contributed by atoms with Crippen LogP contribution in [0.5, 0.6) is 5.75 Å². The maximum absolute atomic E-state index is 12.3. The summed E-state index contributed by atoms with van der Waals surface area (Å²) < 4.78 is 5.38. The van der Waals surface area contributed by atoms with E-state index in [9.17, 15) is 9.59 Å². The number of hydrogen-bond acceptors (Lipinski definition) is 3. The fourth-order valence-electron chi connectivity index (χ4n) is 2.48. The summed E-state index contributed by atoms with van der Waals surface area (Å²) in [5.41, 5.74) is 3.72. The minimum atomic E-state index is -0.417. The van der Waals surface area contributed by atoms with E-state index in [4.69, 9.17) is 4.74 Å². The van der Waals surface area contributed by atoms with Gasteiger partial charge in [-0.05, 0) is 61.9 Å². The van der Waals surface area contributed by atoms with Gasteiger partial charge in [0.2, 0.25) is 0 Å². The number of rotatable bonds is 4. The van der Waals surface area contributed by atoms with Gasteiger partial charge in [-0.15, -0.1) is 0 Å². The Morgan fingerprint density at radius 2 is 1.46 bits per heavy atom. The van der Waals surface area contributed by atoms with Gasteiger partial charge in [0.25, 0.3) is 5.91 Å². The van der Waals surface area contributed by atoms with Crippen molar-refractivity contribution in [2.24, 2.45) is 0 Å². The lowest BCUT2D eigenvalue weighted by atomic mass is 10.1. The standard InChI is InChI=1S/C22H19NO3/c1-15-7-11-18(12-8-15)23-21(24)17-9-13-19(14-10-17)26-22(25)20-6-4-3-5-16(20)2/h3-14H,1-2H3,(H,23,24). The molecular formula is C22H19NO3. The molecule has 3 rings (SSSR count). The molecule has 26 heavy (non-hydrogen) atoms. The van der Waals surface area contributed by atoms with E-state index in [0.29, 0.717) is 16.9 Å². The highest BCUT2D eigenvalue weighted by Crippen LogP contribution is 2.17. The predicted octanol–water partition coefficient (Wildman–Crippen LogP) is 4.77. The molecule has 0 aliphatic rings. The van der Waals surface area contributed by atoms with E-state index in [1.165, 1.54) is 0 Å². The molecule has 0 radical (unpaired) electrons. The Morgan fingerprint density at radius 1 is 0.808 bits per heavy atom. The molecule has 4 nitrogen and oxygen atoms in total. The van der Waals surface area contributed by atoms with Crippen molar-refractivity contribution in [3.8, 4) is 5.75 Å². The fraction of sp³-hybridized carbons (Fsp3) is 0.0909. The highest BCUT2D eigenvalue weighted by molar-refractivity contribution is 6.04. The second kappa shape index (κ2) is 7.66. The van der Waals surface area contributed by atoms with Crippen LogP contribution >= 0.6 is 0 Å². The first-order chi connectivity index (χ1) is 12.5. The molecule has 1 N–H and O–H groups in total. The van der Waals surface area contributed by atoms with Gasteiger partial charge in [-0.3, -0.25) is 4.79 Å². The number of carbonyl (C=O) groups is 2. The van der Waals surface area contributed by atoms with Gasteiger partial charge in [0.1, 0.15) is 5.75 Å². The van der Waals surface area contributed by atoms with Crippen LogP contribution in [0, 0.1) is 13.8 Å². The van der Waals surface area contributed by atoms with Gasteiger partial charge in [-0.1, -0.05) is 35.9 Å². The van der Waals surface area contributed by atoms with Gasteiger partial charge in [0.05, 0.1) is 5.56 Å². The van der Waals surface area contributed by atoms with Crippen LogP contribution in [0.25, 0.3) is 0 Å². The minimum absolute atomic E-state index is 0.217. The lowest BCUT2D eigenvalue weighted by Crippen LogP contribution is -2.12. The highest BCUT2D eigenvalue weighted by atomic mass is 16.5. The summed E-state index contributed by atoms with van der Waals surface area (Å²) in [5.74, 6) is -0.240. The van der Waals surface area contributed by atoms with Crippen LogP contribution in [0.4, 0.5) is 5.69 Å². The number of aryl methyl sites for hydroxylation is 2. The molecule has 3 aromatic carbocycles. The van der Waals surface area contributed by atoms with Gasteiger partial charge in [0, 0.05) is 11.3 Å². The van der Waals surface area contributed by atoms with Gasteiger partial charge in [0.15, 0.2) is 0 Å². The summed E-state index contributed by atoms with van der Waals surface area (Å²) in [4.78, 5) is 24.5. The molecule has 0 bridgehead atoms. The van der Waals surface area contributed by atoms with Crippen molar-refractivity contribution in [3.63, 3.8) is 0 Å². The largest absolute Gasteiger partial charge is 0.423 e. The van der Waals surface area contributed by atoms with Crippen LogP contribution in [-0.2, 0) is 0 Å². The van der Waals surface area contributed by atoms with Gasteiger partial charge in [-0.25, -0.2) is 4.79 Å². The third-order valence-corrected chi connectivity index (χ3v) is 4.00. The predicted molar refractivity (Wildman–Crippen MR) is 102 cm³/mol. The van der Waals surface area contributed by atoms with E-state index in [-0.39, 0.29) is 5.91 Å². The Balaban J connectivity index is 1.66. The molecular weight excluding hydrogens is 326 g/mol. The first-order valence-corrected chi connectivity index (χ1v) is 8.29. The summed E-state index contributed by atoms with van der Waals surface area (Å²) in [6, 6.07) is 21.3. The first kappa shape index (κ1) is 17.4. The fourth-order valence-corrected chi connectivity index (χ4v) is 2.48. The number of carbonyl (C=O) groups excluding carboxylic acids is 2. The molecule has 0 aliphatic heterocycles. The molecule has 0 aromatic heterocycles. The maximum Gasteiger partial charge on any atom is 0.343 e. The molecule has 4 heteroatoms. The normalized spacial score (nSPS) is 10.2. The number of benzene rings is 3. The molecule has 0 fully saturated rings. The van der Waals surface area contributed by atoms with E-state index in [2.05, 4.69) is 5.32 Å². The number of anilines is 1. The van der Waals surface area contributed by atoms with Gasteiger partial charge >= 0.3 is 5.97 Å². The van der Waals surface area contributed by atoms with E-state index in [0.717, 1.165) is 16.8 Å². The van der Waals surface area contributed by atoms with Crippen molar-refractivity contribution < 1.29 is 14.3 Å². The first-order valence-electron chi connectivity index (χ1n) is 8.29. The summed E-state index contributed by atoms with van der Waals surface area (Å²) in [7, 11) is 0. The molecule has 0 unspecified atom stereocenters. The molecule has 1 amide bonds. The lowest BCUT2D eigenvalue weighted by molar-refractivity contribution is 0.0734. The summed E-state index contributed by atoms with van der Waals surface area (Å²) in [6.45, 7) is 3.84. The molecule has 0 heterocycles. The minimum Gasteiger partial charge on any atom is -0.423 e. The van der Waals surface area contributed by atoms with E-state index in [1.807, 2.05) is 50.2 Å². The number of hydrogen-bond donors (Lipinski definition) is 1. The van der Waals surface area contributed by atoms with Crippen molar-refractivity contribution in [3.05, 3.63) is 95.1 Å². The van der Waals surface area contributed by atoms with Crippen molar-refractivity contribution in [2.45, 2.75) is 13.8 Å². The SMILES string of the molecule is Cc1ccc(NC(=O)c2ccc(OC(=O)c3ccccc3C)cc2)cc1. The van der Waals surface area contributed by atoms with E-state index in [1.54, 1.807) is 36.4 Å². The second-order valence-corrected chi connectivity index (χ2v) is 6.05. The lowest BCUT2D eigenvalue weighted by Gasteiger charge is -2.08. The number of amides is 1. The Kier molecular flexibility index (Phi) is 5.13. The van der Waals surface area contributed by atoms with Crippen LogP contribution in [0.2, 0.25) is 0 Å². The summed E-state index contributed by atoms with van der Waals surface area (Å²) in [6.07, 6.45) is 0. The van der Waals surface area contributed by atoms with E-state index < -0.39 is 5.97 Å². The molecule has 130 valence electrons. The second-order valence-electron chi connectivity index (χ2n) is 6.05. The number of esters is 1. The molecule has 0 atom stereocenters. The third kappa shape index (κ3) is 4.16. The summed E-state index contributed by atoms with van der Waals surface area (Å²) >= 11 is 0. The average Bonchev–Trinajstić information content (AvgIpc) is 2.64.